The molecule has 1 atom stereocenters. The fourth-order valence-corrected chi connectivity index (χ4v) is 5.99. The van der Waals surface area contributed by atoms with Gasteiger partial charge in [-0.1, -0.05) is 44.2 Å². The lowest BCUT2D eigenvalue weighted by Gasteiger charge is -2.23. The van der Waals surface area contributed by atoms with Crippen LogP contribution in [0.15, 0.2) is 53.4 Å². The first kappa shape index (κ1) is 23.5. The second-order valence-electron chi connectivity index (χ2n) is 8.02. The summed E-state index contributed by atoms with van der Waals surface area (Å²) >= 11 is 1.45. The Balaban J connectivity index is 1.40. The van der Waals surface area contributed by atoms with Crippen LogP contribution in [0.25, 0.3) is 0 Å². The molecule has 0 spiro atoms. The second-order valence-corrected chi connectivity index (χ2v) is 11.4. The van der Waals surface area contributed by atoms with E-state index in [1.165, 1.54) is 29.5 Å². The molecule has 6 nitrogen and oxygen atoms in total. The average Bonchev–Trinajstić information content (AvgIpc) is 3.31. The van der Waals surface area contributed by atoms with Crippen molar-refractivity contribution >= 4 is 32.2 Å². The minimum atomic E-state index is -3.26. The summed E-state index contributed by atoms with van der Waals surface area (Å²) in [5.41, 5.74) is 2.34. The van der Waals surface area contributed by atoms with Gasteiger partial charge in [0.1, 0.15) is 5.82 Å². The Labute approximate surface area is 197 Å². The van der Waals surface area contributed by atoms with Crippen molar-refractivity contribution in [1.29, 1.82) is 0 Å². The van der Waals surface area contributed by atoms with Gasteiger partial charge in [0.25, 0.3) is 0 Å². The van der Waals surface area contributed by atoms with Crippen molar-refractivity contribution in [3.63, 3.8) is 0 Å². The van der Waals surface area contributed by atoms with Crippen LogP contribution in [0.4, 0.5) is 9.52 Å². The number of rotatable bonds is 8. The summed E-state index contributed by atoms with van der Waals surface area (Å²) in [4.78, 5) is 20.8. The standard InChI is InChI=1S/C24H26FN3O3S2/c1-3-20-23-21(15-28(20)14-17-7-5-6-8-19(17)25)32-24(27-23)26-22(29)13-16-9-11-18(12-10-16)33(30,31)4-2/h5-12,20H,3-4,13-15H2,1-2H3,(H,26,27,29)/t20-/m1/s1. The molecule has 0 radical (unpaired) electrons. The monoisotopic (exact) mass is 487 g/mol. The van der Waals surface area contributed by atoms with Crippen LogP contribution in [0.5, 0.6) is 0 Å². The van der Waals surface area contributed by atoms with E-state index in [1.54, 1.807) is 31.2 Å². The Morgan fingerprint density at radius 2 is 1.91 bits per heavy atom. The van der Waals surface area contributed by atoms with Crippen molar-refractivity contribution in [1.82, 2.24) is 9.88 Å². The number of halogens is 1. The number of nitrogens with zero attached hydrogens (tertiary/aromatic N) is 2. The van der Waals surface area contributed by atoms with Gasteiger partial charge in [-0.2, -0.15) is 0 Å². The Morgan fingerprint density at radius 1 is 1.18 bits per heavy atom. The van der Waals surface area contributed by atoms with Crippen molar-refractivity contribution in [2.24, 2.45) is 0 Å². The molecule has 1 N–H and O–H groups in total. The molecule has 0 aliphatic carbocycles. The third-order valence-corrected chi connectivity index (χ3v) is 8.54. The van der Waals surface area contributed by atoms with Gasteiger partial charge in [0.15, 0.2) is 15.0 Å². The van der Waals surface area contributed by atoms with E-state index in [0.717, 1.165) is 22.6 Å². The van der Waals surface area contributed by atoms with Gasteiger partial charge in [0.05, 0.1) is 28.8 Å². The number of hydrogen-bond donors (Lipinski definition) is 1. The molecule has 0 unspecified atom stereocenters. The number of aromatic nitrogens is 1. The number of benzene rings is 2. The molecule has 3 aromatic rings. The maximum Gasteiger partial charge on any atom is 0.230 e. The lowest BCUT2D eigenvalue weighted by Crippen LogP contribution is -2.22. The number of hydrogen-bond acceptors (Lipinski definition) is 6. The number of fused-ring (bicyclic) bond motifs is 1. The van der Waals surface area contributed by atoms with E-state index in [4.69, 9.17) is 0 Å². The van der Waals surface area contributed by atoms with E-state index >= 15 is 0 Å². The van der Waals surface area contributed by atoms with E-state index < -0.39 is 9.84 Å². The van der Waals surface area contributed by atoms with Crippen molar-refractivity contribution < 1.29 is 17.6 Å². The lowest BCUT2D eigenvalue weighted by molar-refractivity contribution is -0.115. The van der Waals surface area contributed by atoms with Crippen molar-refractivity contribution in [3.05, 3.63) is 76.0 Å². The maximum absolute atomic E-state index is 14.1. The molecule has 2 aromatic carbocycles. The zero-order valence-corrected chi connectivity index (χ0v) is 20.2. The highest BCUT2D eigenvalue weighted by Gasteiger charge is 2.33. The van der Waals surface area contributed by atoms with Gasteiger partial charge in [0.2, 0.25) is 5.91 Å². The first-order valence-electron chi connectivity index (χ1n) is 10.9. The Kier molecular flexibility index (Phi) is 6.92. The molecule has 9 heteroatoms. The van der Waals surface area contributed by atoms with E-state index in [9.17, 15) is 17.6 Å². The second kappa shape index (κ2) is 9.70. The number of sulfone groups is 1. The quantitative estimate of drug-likeness (QED) is 0.497. The molecule has 2 heterocycles. The molecule has 1 aromatic heterocycles. The molecule has 0 saturated heterocycles. The predicted octanol–water partition coefficient (Wildman–Crippen LogP) is 4.72. The van der Waals surface area contributed by atoms with Gasteiger partial charge >= 0.3 is 0 Å². The third-order valence-electron chi connectivity index (χ3n) is 5.82. The fourth-order valence-electron chi connectivity index (χ4n) is 4.05. The first-order valence-corrected chi connectivity index (χ1v) is 13.4. The topological polar surface area (TPSA) is 79.4 Å². The molecule has 1 amide bonds. The minimum absolute atomic E-state index is 0.0397. The van der Waals surface area contributed by atoms with Crippen LogP contribution in [-0.4, -0.2) is 30.0 Å². The largest absolute Gasteiger partial charge is 0.302 e. The predicted molar refractivity (Wildman–Crippen MR) is 127 cm³/mol. The number of nitrogens with one attached hydrogen (secondary N) is 1. The number of carbonyl (C=O) groups is 1. The summed E-state index contributed by atoms with van der Waals surface area (Å²) in [6.45, 7) is 4.86. The number of carbonyl (C=O) groups excluding carboxylic acids is 1. The molecule has 4 rings (SSSR count). The summed E-state index contributed by atoms with van der Waals surface area (Å²) in [6.07, 6.45) is 0.971. The lowest BCUT2D eigenvalue weighted by atomic mass is 10.1. The Hall–Kier alpha value is -2.62. The van der Waals surface area contributed by atoms with Crippen LogP contribution < -0.4 is 5.32 Å². The highest BCUT2D eigenvalue weighted by molar-refractivity contribution is 7.91. The van der Waals surface area contributed by atoms with Crippen LogP contribution in [0.3, 0.4) is 0 Å². The van der Waals surface area contributed by atoms with Gasteiger partial charge < -0.3 is 5.32 Å². The number of thiazole rings is 1. The van der Waals surface area contributed by atoms with Crippen molar-refractivity contribution in [2.75, 3.05) is 11.1 Å². The molecule has 0 fully saturated rings. The SMILES string of the molecule is CC[C@@H]1c2nc(NC(=O)Cc3ccc(S(=O)(=O)CC)cc3)sc2CN1Cc1ccccc1F. The van der Waals surface area contributed by atoms with Crippen LogP contribution in [-0.2, 0) is 34.1 Å². The summed E-state index contributed by atoms with van der Waals surface area (Å²) < 4.78 is 38.0. The van der Waals surface area contributed by atoms with Gasteiger partial charge in [-0.3, -0.25) is 9.69 Å². The summed E-state index contributed by atoms with van der Waals surface area (Å²) in [5, 5.41) is 3.42. The van der Waals surface area contributed by atoms with E-state index in [2.05, 4.69) is 22.1 Å². The number of amides is 1. The molecular formula is C24H26FN3O3S2. The maximum atomic E-state index is 14.1. The van der Waals surface area contributed by atoms with Gasteiger partial charge in [-0.25, -0.2) is 17.8 Å². The van der Waals surface area contributed by atoms with Gasteiger partial charge in [-0.05, 0) is 30.2 Å². The van der Waals surface area contributed by atoms with Crippen molar-refractivity contribution in [2.45, 2.75) is 50.7 Å². The molecule has 174 valence electrons. The van der Waals surface area contributed by atoms with E-state index in [1.807, 2.05) is 6.07 Å². The zero-order chi connectivity index (χ0) is 23.6. The Morgan fingerprint density at radius 3 is 2.58 bits per heavy atom. The fraction of sp³-hybridized carbons (Fsp3) is 0.333. The van der Waals surface area contributed by atoms with E-state index in [0.29, 0.717) is 23.8 Å². The smallest absolute Gasteiger partial charge is 0.230 e. The van der Waals surface area contributed by atoms with Crippen LogP contribution in [0, 0.1) is 5.82 Å². The van der Waals surface area contributed by atoms with Crippen LogP contribution in [0.1, 0.15) is 48.0 Å². The zero-order valence-electron chi connectivity index (χ0n) is 18.5. The van der Waals surface area contributed by atoms with Gasteiger partial charge in [-0.15, -0.1) is 11.3 Å². The molecule has 0 bridgehead atoms. The highest BCUT2D eigenvalue weighted by atomic mass is 32.2. The van der Waals surface area contributed by atoms with E-state index in [-0.39, 0.29) is 34.8 Å². The first-order chi connectivity index (χ1) is 15.8. The van der Waals surface area contributed by atoms with Crippen LogP contribution >= 0.6 is 11.3 Å². The molecule has 1 aliphatic heterocycles. The van der Waals surface area contributed by atoms with Crippen molar-refractivity contribution in [3.8, 4) is 0 Å². The van der Waals surface area contributed by atoms with Gasteiger partial charge in [0, 0.05) is 23.5 Å². The average molecular weight is 488 g/mol. The molecule has 1 aliphatic rings. The normalized spacial score (nSPS) is 16.0. The van der Waals surface area contributed by atoms with Crippen LogP contribution in [0.2, 0.25) is 0 Å². The molecule has 0 saturated carbocycles. The summed E-state index contributed by atoms with van der Waals surface area (Å²) in [6, 6.07) is 13.3. The Bertz CT molecular complexity index is 1260. The minimum Gasteiger partial charge on any atom is -0.302 e. The number of anilines is 1. The summed E-state index contributed by atoms with van der Waals surface area (Å²) in [5.74, 6) is -0.369. The highest BCUT2D eigenvalue weighted by Crippen LogP contribution is 2.41. The summed E-state index contributed by atoms with van der Waals surface area (Å²) in [7, 11) is -3.26. The molecular weight excluding hydrogens is 461 g/mol. The third kappa shape index (κ3) is 5.15. The molecule has 33 heavy (non-hydrogen) atoms.